The van der Waals surface area contributed by atoms with Crippen molar-refractivity contribution in [2.45, 2.75) is 0 Å². The van der Waals surface area contributed by atoms with Crippen molar-refractivity contribution in [3.05, 3.63) is 188 Å². The minimum absolute atomic E-state index is 0.00806. The summed E-state index contributed by atoms with van der Waals surface area (Å²) in [5, 5.41) is 4.98. The smallest absolute Gasteiger partial charge is 0.260 e. The number of fused-ring (bicyclic) bond motifs is 14. The molecule has 0 spiro atoms. The molecule has 0 radical (unpaired) electrons. The maximum absolute atomic E-state index is 6.87. The molecule has 280 valence electrons. The number of hydrogen-bond donors (Lipinski definition) is 0. The summed E-state index contributed by atoms with van der Waals surface area (Å²) in [6.07, 6.45) is 0. The van der Waals surface area contributed by atoms with Gasteiger partial charge < -0.3 is 23.7 Å². The van der Waals surface area contributed by atoms with E-state index in [2.05, 4.69) is 196 Å². The van der Waals surface area contributed by atoms with Gasteiger partial charge in [0.25, 0.3) is 13.4 Å². The van der Waals surface area contributed by atoms with Gasteiger partial charge in [0.15, 0.2) is 0 Å². The molecule has 0 unspecified atom stereocenters. The highest BCUT2D eigenvalue weighted by Crippen LogP contribution is 2.47. The maximum atomic E-state index is 6.87. The van der Waals surface area contributed by atoms with Crippen LogP contribution in [0.25, 0.3) is 38.1 Å². The van der Waals surface area contributed by atoms with E-state index in [-0.39, 0.29) is 13.4 Å². The summed E-state index contributed by atoms with van der Waals surface area (Å²) in [5.74, 6) is 3.51. The number of nitrogens with zero attached hydrogens (tertiary/aromatic N) is 3. The first kappa shape index (κ1) is 32.0. The van der Waals surface area contributed by atoms with Gasteiger partial charge in [-0.05, 0) is 94.0 Å². The topological polar surface area (TPSA) is 29.4 Å². The molecule has 0 saturated carbocycles. The average Bonchev–Trinajstić information content (AvgIpc) is 3.82. The van der Waals surface area contributed by atoms with Crippen LogP contribution >= 0.6 is 0 Å². The van der Waals surface area contributed by atoms with E-state index in [9.17, 15) is 0 Å². The third kappa shape index (κ3) is 4.03. The number of benzene rings is 9. The summed E-state index contributed by atoms with van der Waals surface area (Å²) < 4.78 is 15.8. The molecule has 0 fully saturated rings. The van der Waals surface area contributed by atoms with Gasteiger partial charge in [-0.2, -0.15) is 0 Å². The fourth-order valence-corrected chi connectivity index (χ4v) is 11.4. The molecule has 0 amide bonds. The highest BCUT2D eigenvalue weighted by Gasteiger charge is 2.44. The van der Waals surface area contributed by atoms with Gasteiger partial charge in [0.1, 0.15) is 23.0 Å². The average molecular weight is 775 g/mol. The molecule has 4 aliphatic rings. The molecule has 0 N–H and O–H groups in total. The first-order valence-electron chi connectivity index (χ1n) is 21.1. The van der Waals surface area contributed by atoms with Gasteiger partial charge >= 0.3 is 0 Å². The van der Waals surface area contributed by atoms with Crippen LogP contribution in [0.1, 0.15) is 0 Å². The van der Waals surface area contributed by atoms with E-state index in [1.54, 1.807) is 0 Å². The zero-order valence-corrected chi connectivity index (χ0v) is 32.7. The van der Waals surface area contributed by atoms with Crippen molar-refractivity contribution in [1.29, 1.82) is 0 Å². The lowest BCUT2D eigenvalue weighted by atomic mass is 9.33. The number of anilines is 6. The molecule has 5 nitrogen and oxygen atoms in total. The second-order valence-electron chi connectivity index (χ2n) is 16.8. The van der Waals surface area contributed by atoms with E-state index in [0.29, 0.717) is 0 Å². The Morgan fingerprint density at radius 2 is 0.852 bits per heavy atom. The molecule has 0 bridgehead atoms. The zero-order chi connectivity index (χ0) is 39.5. The van der Waals surface area contributed by atoms with Crippen molar-refractivity contribution in [3.8, 4) is 23.0 Å². The lowest BCUT2D eigenvalue weighted by Crippen LogP contribution is -2.61. The predicted octanol–water partition coefficient (Wildman–Crippen LogP) is 9.65. The highest BCUT2D eigenvalue weighted by molar-refractivity contribution is 7.00. The van der Waals surface area contributed by atoms with Crippen LogP contribution in [0.4, 0.5) is 34.1 Å². The number of ether oxygens (including phenoxy) is 2. The van der Waals surface area contributed by atoms with Gasteiger partial charge in [-0.3, -0.25) is 0 Å². The molecule has 4 aliphatic heterocycles. The SMILES string of the molecule is c1ccc(N2c3ccccc3B3c4cc5c6cccc7c8cc9c(cc8n(c5cc4N(c4ccccc4)c4cccc2c43)c76)Oc2cccc3c2B9c2ccccc2O3)cc1. The monoisotopic (exact) mass is 775 g/mol. The van der Waals surface area contributed by atoms with E-state index in [1.165, 1.54) is 82.6 Å². The first-order valence-corrected chi connectivity index (χ1v) is 21.1. The van der Waals surface area contributed by atoms with E-state index >= 15 is 0 Å². The van der Waals surface area contributed by atoms with Crippen LogP contribution in [-0.2, 0) is 0 Å². The summed E-state index contributed by atoms with van der Waals surface area (Å²) in [6, 6.07) is 68.6. The Labute approximate surface area is 351 Å². The predicted molar refractivity (Wildman–Crippen MR) is 253 cm³/mol. The van der Waals surface area contributed by atoms with Crippen molar-refractivity contribution in [2.24, 2.45) is 0 Å². The Morgan fingerprint density at radius 3 is 1.59 bits per heavy atom. The minimum Gasteiger partial charge on any atom is -0.458 e. The summed E-state index contributed by atoms with van der Waals surface area (Å²) in [4.78, 5) is 4.95. The van der Waals surface area contributed by atoms with Crippen molar-refractivity contribution in [3.63, 3.8) is 0 Å². The molecule has 11 aromatic rings. The standard InChI is InChI=1S/C54H31B2N3O2/c1-3-14-32(15-4-1)57-42-22-9-7-20-38(42)55-40-28-36-34-18-11-19-35-37-29-41-51(61-50-27-13-26-49-53(50)56(41)39-21-8-10-25-48(39)60-49)31-46(37)59(54(34)35)45(36)30-47(40)58(33-16-5-2-6-17-33)44-24-12-23-43(57)52(44)55/h1-31H. The number of aromatic nitrogens is 1. The molecule has 0 aliphatic carbocycles. The van der Waals surface area contributed by atoms with E-state index in [4.69, 9.17) is 9.47 Å². The number of hydrogen-bond acceptors (Lipinski definition) is 4. The summed E-state index contributed by atoms with van der Waals surface area (Å²) >= 11 is 0. The largest absolute Gasteiger partial charge is 0.458 e. The summed E-state index contributed by atoms with van der Waals surface area (Å²) in [6.45, 7) is 0.0416. The second-order valence-corrected chi connectivity index (χ2v) is 16.8. The van der Waals surface area contributed by atoms with E-state index < -0.39 is 0 Å². The van der Waals surface area contributed by atoms with Crippen molar-refractivity contribution >= 4 is 118 Å². The normalized spacial score (nSPS) is 14.0. The van der Waals surface area contributed by atoms with Gasteiger partial charge in [0.2, 0.25) is 0 Å². The minimum atomic E-state index is 0.00806. The fourth-order valence-electron chi connectivity index (χ4n) is 11.4. The Bertz CT molecular complexity index is 3700. The van der Waals surface area contributed by atoms with Crippen LogP contribution in [0.2, 0.25) is 0 Å². The maximum Gasteiger partial charge on any atom is 0.260 e. The molecular formula is C54H31B2N3O2. The van der Waals surface area contributed by atoms with Crippen LogP contribution in [0.5, 0.6) is 23.0 Å². The third-order valence-corrected chi connectivity index (χ3v) is 13.8. The fraction of sp³-hybridized carbons (Fsp3) is 0. The van der Waals surface area contributed by atoms with Crippen LogP contribution in [0, 0.1) is 0 Å². The molecule has 0 saturated heterocycles. The van der Waals surface area contributed by atoms with Gasteiger partial charge in [-0.15, -0.1) is 0 Å². The molecule has 9 aromatic carbocycles. The Morgan fingerprint density at radius 1 is 0.328 bits per heavy atom. The first-order chi connectivity index (χ1) is 30.3. The summed E-state index contributed by atoms with van der Waals surface area (Å²) in [5.41, 5.74) is 18.1. The van der Waals surface area contributed by atoms with Crippen molar-refractivity contribution < 1.29 is 9.47 Å². The molecule has 2 aromatic heterocycles. The Kier molecular flexibility index (Phi) is 6.00. The highest BCUT2D eigenvalue weighted by atomic mass is 16.5. The molecule has 0 atom stereocenters. The van der Waals surface area contributed by atoms with Crippen LogP contribution in [-0.4, -0.2) is 17.8 Å². The Balaban J connectivity index is 1.02. The Hall–Kier alpha value is -7.89. The molecule has 6 heterocycles. The second kappa shape index (κ2) is 11.4. The number of para-hydroxylation sites is 5. The van der Waals surface area contributed by atoms with Crippen molar-refractivity contribution in [1.82, 2.24) is 4.40 Å². The molecule has 7 heteroatoms. The van der Waals surface area contributed by atoms with Crippen LogP contribution in [0.3, 0.4) is 0 Å². The molecule has 61 heavy (non-hydrogen) atoms. The van der Waals surface area contributed by atoms with Gasteiger partial charge in [0.05, 0.1) is 16.6 Å². The van der Waals surface area contributed by atoms with Crippen LogP contribution in [0.15, 0.2) is 188 Å². The van der Waals surface area contributed by atoms with E-state index in [1.807, 2.05) is 6.07 Å². The quantitative estimate of drug-likeness (QED) is 0.164. The molecular weight excluding hydrogens is 744 g/mol. The lowest BCUT2D eigenvalue weighted by molar-refractivity contribution is 0.465. The number of rotatable bonds is 2. The van der Waals surface area contributed by atoms with Gasteiger partial charge in [0, 0.05) is 67.2 Å². The van der Waals surface area contributed by atoms with Crippen molar-refractivity contribution in [2.75, 3.05) is 9.80 Å². The summed E-state index contributed by atoms with van der Waals surface area (Å²) in [7, 11) is 0. The zero-order valence-electron chi connectivity index (χ0n) is 32.7. The van der Waals surface area contributed by atoms with Gasteiger partial charge in [-0.1, -0.05) is 115 Å². The van der Waals surface area contributed by atoms with Gasteiger partial charge in [-0.25, -0.2) is 0 Å². The van der Waals surface area contributed by atoms with E-state index in [0.717, 1.165) is 45.4 Å². The third-order valence-electron chi connectivity index (χ3n) is 13.8. The molecule has 15 rings (SSSR count). The lowest BCUT2D eigenvalue weighted by Gasteiger charge is -2.44. The van der Waals surface area contributed by atoms with Crippen LogP contribution < -0.4 is 52.1 Å².